The van der Waals surface area contributed by atoms with E-state index in [1.54, 1.807) is 12.2 Å². The highest BCUT2D eigenvalue weighted by Gasteiger charge is 2.19. The number of fused-ring (bicyclic) bond motifs is 3. The van der Waals surface area contributed by atoms with Crippen molar-refractivity contribution in [2.24, 2.45) is 0 Å². The Balaban J connectivity index is 1.82. The molecule has 2 N–H and O–H groups in total. The highest BCUT2D eigenvalue weighted by molar-refractivity contribution is 5.80. The average molecular weight is 407 g/mol. The summed E-state index contributed by atoms with van der Waals surface area (Å²) in [6, 6.07) is 13.2. The summed E-state index contributed by atoms with van der Waals surface area (Å²) in [5.41, 5.74) is 9.50. The Morgan fingerprint density at radius 1 is 0.742 bits per heavy atom. The molecule has 0 saturated carbocycles. The summed E-state index contributed by atoms with van der Waals surface area (Å²) >= 11 is 0. The lowest BCUT2D eigenvalue weighted by Crippen LogP contribution is -1.97. The molecule has 0 unspecified atom stereocenters. The zero-order valence-electron chi connectivity index (χ0n) is 18.4. The first kappa shape index (κ1) is 21.9. The van der Waals surface area contributed by atoms with Crippen LogP contribution in [0.15, 0.2) is 122 Å². The fourth-order valence-corrected chi connectivity index (χ4v) is 3.66. The number of hydrogen-bond acceptors (Lipinski definition) is 2. The molecule has 2 nitrogen and oxygen atoms in total. The van der Waals surface area contributed by atoms with Gasteiger partial charge in [-0.1, -0.05) is 61.7 Å². The van der Waals surface area contributed by atoms with Crippen LogP contribution in [0.3, 0.4) is 0 Å². The van der Waals surface area contributed by atoms with E-state index in [9.17, 15) is 0 Å². The number of anilines is 2. The van der Waals surface area contributed by atoms with Crippen molar-refractivity contribution < 1.29 is 0 Å². The molecule has 1 aliphatic carbocycles. The van der Waals surface area contributed by atoms with Crippen molar-refractivity contribution in [2.45, 2.75) is 20.3 Å². The Hall–Kier alpha value is -3.78. The number of benzene rings is 2. The van der Waals surface area contributed by atoms with E-state index in [1.165, 1.54) is 22.3 Å². The van der Waals surface area contributed by atoms with E-state index in [0.29, 0.717) is 0 Å². The van der Waals surface area contributed by atoms with Crippen molar-refractivity contribution in [1.29, 1.82) is 0 Å². The third-order valence-electron chi connectivity index (χ3n) is 4.98. The number of nitrogens with one attached hydrogen (secondary N) is 2. The molecule has 2 heteroatoms. The van der Waals surface area contributed by atoms with Gasteiger partial charge in [-0.25, -0.2) is 0 Å². The summed E-state index contributed by atoms with van der Waals surface area (Å²) in [4.78, 5) is 0. The predicted octanol–water partition coefficient (Wildman–Crippen LogP) is 7.93. The standard InChI is InChI=1S/C29H30N2/c1-5-9-13-24(11-7-3)30-26-15-17-28-22(20-26)19-23-21-27(16-18-29(23)28)31-25(12-8-4)14-10-6-2/h5-18,20-21,30-31H,1,3,19H2,2,4H3/b10-6-,12-8-,13-9-,24-11+,25-14+. The van der Waals surface area contributed by atoms with E-state index >= 15 is 0 Å². The topological polar surface area (TPSA) is 24.1 Å². The minimum absolute atomic E-state index is 0.927. The van der Waals surface area contributed by atoms with E-state index in [-0.39, 0.29) is 0 Å². The number of hydrogen-bond donors (Lipinski definition) is 2. The van der Waals surface area contributed by atoms with Gasteiger partial charge in [-0.3, -0.25) is 0 Å². The molecule has 0 aromatic heterocycles. The average Bonchev–Trinajstić information content (AvgIpc) is 3.13. The summed E-state index contributed by atoms with van der Waals surface area (Å²) < 4.78 is 0. The van der Waals surface area contributed by atoms with Crippen molar-refractivity contribution >= 4 is 11.4 Å². The monoisotopic (exact) mass is 406 g/mol. The Kier molecular flexibility index (Phi) is 7.67. The van der Waals surface area contributed by atoms with Crippen LogP contribution in [0.25, 0.3) is 11.1 Å². The molecule has 0 bridgehead atoms. The minimum Gasteiger partial charge on any atom is -0.356 e. The first-order valence-corrected chi connectivity index (χ1v) is 10.6. The molecule has 0 fully saturated rings. The summed E-state index contributed by atoms with van der Waals surface area (Å²) in [6.45, 7) is 11.6. The molecule has 0 saturated heterocycles. The SMILES string of the molecule is C=C/C=C\C(=C/C=C)Nc1ccc2c(c1)Cc1cc(NC(/C=C\C)=C/C=C\C)ccc1-2. The predicted molar refractivity (Wildman–Crippen MR) is 137 cm³/mol. The van der Waals surface area contributed by atoms with Gasteiger partial charge in [0.05, 0.1) is 0 Å². The van der Waals surface area contributed by atoms with E-state index in [1.807, 2.05) is 50.3 Å². The van der Waals surface area contributed by atoms with Crippen LogP contribution in [0.4, 0.5) is 11.4 Å². The van der Waals surface area contributed by atoms with Gasteiger partial charge in [0.15, 0.2) is 0 Å². The normalized spacial score (nSPS) is 13.6. The molecule has 0 aliphatic heterocycles. The molecule has 0 atom stereocenters. The first-order chi connectivity index (χ1) is 15.2. The zero-order valence-corrected chi connectivity index (χ0v) is 18.4. The van der Waals surface area contributed by atoms with Crippen LogP contribution in [-0.2, 0) is 6.42 Å². The van der Waals surface area contributed by atoms with Crippen molar-refractivity contribution in [3.63, 3.8) is 0 Å². The van der Waals surface area contributed by atoms with E-state index in [2.05, 4.69) is 72.3 Å². The lowest BCUT2D eigenvalue weighted by molar-refractivity contribution is 1.26. The van der Waals surface area contributed by atoms with E-state index in [0.717, 1.165) is 29.2 Å². The first-order valence-electron chi connectivity index (χ1n) is 10.6. The second-order valence-electron chi connectivity index (χ2n) is 7.27. The van der Waals surface area contributed by atoms with Crippen LogP contribution in [0.1, 0.15) is 25.0 Å². The molecule has 2 aromatic rings. The Morgan fingerprint density at radius 3 is 1.87 bits per heavy atom. The molecule has 0 spiro atoms. The highest BCUT2D eigenvalue weighted by Crippen LogP contribution is 2.39. The minimum atomic E-state index is 0.927. The maximum atomic E-state index is 3.80. The summed E-state index contributed by atoms with van der Waals surface area (Å²) in [6.07, 6.45) is 20.6. The van der Waals surface area contributed by atoms with Gasteiger partial charge >= 0.3 is 0 Å². The summed E-state index contributed by atoms with van der Waals surface area (Å²) in [7, 11) is 0. The quantitative estimate of drug-likeness (QED) is 0.353. The Morgan fingerprint density at radius 2 is 1.35 bits per heavy atom. The molecular formula is C29H30N2. The lowest BCUT2D eigenvalue weighted by atomic mass is 10.0. The Labute approximate surface area is 186 Å². The zero-order chi connectivity index (χ0) is 22.1. The summed E-state index contributed by atoms with van der Waals surface area (Å²) in [5.74, 6) is 0. The van der Waals surface area contributed by atoms with Gasteiger partial charge in [0.25, 0.3) is 0 Å². The van der Waals surface area contributed by atoms with Crippen molar-refractivity contribution in [1.82, 2.24) is 0 Å². The number of rotatable bonds is 9. The van der Waals surface area contributed by atoms with Gasteiger partial charge in [-0.15, -0.1) is 0 Å². The van der Waals surface area contributed by atoms with Gasteiger partial charge in [0.2, 0.25) is 0 Å². The second-order valence-corrected chi connectivity index (χ2v) is 7.27. The Bertz CT molecular complexity index is 1060. The fourth-order valence-electron chi connectivity index (χ4n) is 3.66. The third kappa shape index (κ3) is 5.64. The largest absolute Gasteiger partial charge is 0.356 e. The van der Waals surface area contributed by atoms with Crippen molar-refractivity contribution in [2.75, 3.05) is 10.6 Å². The maximum Gasteiger partial charge on any atom is 0.0387 e. The molecule has 0 amide bonds. The van der Waals surface area contributed by atoms with Gasteiger partial charge in [0.1, 0.15) is 0 Å². The van der Waals surface area contributed by atoms with Crippen molar-refractivity contribution in [3.05, 3.63) is 133 Å². The van der Waals surface area contributed by atoms with Crippen LogP contribution in [0.2, 0.25) is 0 Å². The van der Waals surface area contributed by atoms with E-state index < -0.39 is 0 Å². The smallest absolute Gasteiger partial charge is 0.0387 e. The molecule has 0 radical (unpaired) electrons. The van der Waals surface area contributed by atoms with Crippen molar-refractivity contribution in [3.8, 4) is 11.1 Å². The molecule has 0 heterocycles. The summed E-state index contributed by atoms with van der Waals surface area (Å²) in [5, 5.41) is 6.98. The van der Waals surface area contributed by atoms with Crippen LogP contribution < -0.4 is 10.6 Å². The van der Waals surface area contributed by atoms with Crippen LogP contribution in [0, 0.1) is 0 Å². The third-order valence-corrected chi connectivity index (χ3v) is 4.98. The van der Waals surface area contributed by atoms with Crippen LogP contribution in [-0.4, -0.2) is 0 Å². The molecule has 156 valence electrons. The molecule has 31 heavy (non-hydrogen) atoms. The highest BCUT2D eigenvalue weighted by atomic mass is 14.9. The molecule has 2 aromatic carbocycles. The van der Waals surface area contributed by atoms with Crippen LogP contribution >= 0.6 is 0 Å². The second kappa shape index (κ2) is 10.8. The van der Waals surface area contributed by atoms with Gasteiger partial charge in [-0.2, -0.15) is 0 Å². The molecular weight excluding hydrogens is 376 g/mol. The molecule has 3 rings (SSSR count). The maximum absolute atomic E-state index is 3.80. The van der Waals surface area contributed by atoms with Gasteiger partial charge < -0.3 is 10.6 Å². The number of allylic oxidation sites excluding steroid dienone is 10. The fraction of sp³-hybridized carbons (Fsp3) is 0.103. The van der Waals surface area contributed by atoms with Crippen LogP contribution in [0.5, 0.6) is 0 Å². The van der Waals surface area contributed by atoms with E-state index in [4.69, 9.17) is 0 Å². The molecule has 1 aliphatic rings. The van der Waals surface area contributed by atoms with Gasteiger partial charge in [0, 0.05) is 22.8 Å². The lowest BCUT2D eigenvalue weighted by Gasteiger charge is -2.10. The van der Waals surface area contributed by atoms with Gasteiger partial charge in [-0.05, 0) is 91.1 Å².